The first-order valence-electron chi connectivity index (χ1n) is 8.41. The molecule has 2 aromatic carbocycles. The lowest BCUT2D eigenvalue weighted by molar-refractivity contribution is 1.05. The molecule has 0 aliphatic rings. The zero-order valence-electron chi connectivity index (χ0n) is 14.4. The first-order chi connectivity index (χ1) is 12.8. The summed E-state index contributed by atoms with van der Waals surface area (Å²) in [6.07, 6.45) is 1.58. The van der Waals surface area contributed by atoms with E-state index in [1.54, 1.807) is 17.7 Å². The third-order valence-corrected chi connectivity index (χ3v) is 4.94. The van der Waals surface area contributed by atoms with E-state index in [9.17, 15) is 0 Å². The summed E-state index contributed by atoms with van der Waals surface area (Å²) in [5.41, 5.74) is 5.46. The SMILES string of the molecule is Cc1cc(NCc2ccc(-c3nc(-c4ccccc4)cs3)cc2)ncn1. The van der Waals surface area contributed by atoms with Gasteiger partial charge in [0.15, 0.2) is 0 Å². The summed E-state index contributed by atoms with van der Waals surface area (Å²) in [5.74, 6) is 0.842. The van der Waals surface area contributed by atoms with E-state index in [-0.39, 0.29) is 0 Å². The standard InChI is InChI=1S/C21H18N4S/c1-15-11-20(24-14-23-15)22-12-16-7-9-18(10-8-16)21-25-19(13-26-21)17-5-3-2-4-6-17/h2-11,13-14H,12H2,1H3,(H,22,23,24). The summed E-state index contributed by atoms with van der Waals surface area (Å²) in [5, 5.41) is 6.47. The monoisotopic (exact) mass is 358 g/mol. The molecule has 26 heavy (non-hydrogen) atoms. The summed E-state index contributed by atoms with van der Waals surface area (Å²) in [4.78, 5) is 13.1. The molecule has 4 aromatic rings. The van der Waals surface area contributed by atoms with Gasteiger partial charge in [-0.15, -0.1) is 11.3 Å². The molecule has 5 heteroatoms. The molecule has 0 saturated heterocycles. The van der Waals surface area contributed by atoms with Gasteiger partial charge in [0.25, 0.3) is 0 Å². The number of nitrogens with one attached hydrogen (secondary N) is 1. The smallest absolute Gasteiger partial charge is 0.129 e. The molecule has 0 aliphatic carbocycles. The number of benzene rings is 2. The van der Waals surface area contributed by atoms with Crippen molar-refractivity contribution < 1.29 is 0 Å². The van der Waals surface area contributed by atoms with Gasteiger partial charge in [0.05, 0.1) is 5.69 Å². The fourth-order valence-electron chi connectivity index (χ4n) is 2.66. The Balaban J connectivity index is 1.45. The zero-order valence-corrected chi connectivity index (χ0v) is 15.2. The quantitative estimate of drug-likeness (QED) is 0.533. The maximum atomic E-state index is 4.77. The number of thiazole rings is 1. The molecule has 0 bridgehead atoms. The molecule has 0 amide bonds. The molecule has 1 N–H and O–H groups in total. The maximum Gasteiger partial charge on any atom is 0.129 e. The highest BCUT2D eigenvalue weighted by atomic mass is 32.1. The van der Waals surface area contributed by atoms with Gasteiger partial charge in [-0.05, 0) is 12.5 Å². The Morgan fingerprint density at radius 1 is 0.923 bits per heavy atom. The molecule has 128 valence electrons. The lowest BCUT2D eigenvalue weighted by atomic mass is 10.1. The van der Waals surface area contributed by atoms with Crippen molar-refractivity contribution >= 4 is 17.2 Å². The number of hydrogen-bond acceptors (Lipinski definition) is 5. The van der Waals surface area contributed by atoms with Gasteiger partial charge in [0.1, 0.15) is 17.2 Å². The normalized spacial score (nSPS) is 10.7. The summed E-state index contributed by atoms with van der Waals surface area (Å²) in [7, 11) is 0. The van der Waals surface area contributed by atoms with Gasteiger partial charge in [0, 0.05) is 34.8 Å². The van der Waals surface area contributed by atoms with Gasteiger partial charge in [-0.25, -0.2) is 15.0 Å². The van der Waals surface area contributed by atoms with E-state index in [0.717, 1.165) is 39.9 Å². The van der Waals surface area contributed by atoms with Crippen molar-refractivity contribution in [1.29, 1.82) is 0 Å². The van der Waals surface area contributed by atoms with E-state index >= 15 is 0 Å². The lowest BCUT2D eigenvalue weighted by Crippen LogP contribution is -2.01. The number of aromatic nitrogens is 3. The summed E-state index contributed by atoms with van der Waals surface area (Å²) in [6.45, 7) is 2.68. The lowest BCUT2D eigenvalue weighted by Gasteiger charge is -2.06. The minimum atomic E-state index is 0.726. The van der Waals surface area contributed by atoms with Crippen molar-refractivity contribution in [2.24, 2.45) is 0 Å². The number of aryl methyl sites for hydroxylation is 1. The molecular formula is C21H18N4S. The van der Waals surface area contributed by atoms with Gasteiger partial charge in [-0.1, -0.05) is 54.6 Å². The van der Waals surface area contributed by atoms with E-state index < -0.39 is 0 Å². The van der Waals surface area contributed by atoms with Gasteiger partial charge in [-0.2, -0.15) is 0 Å². The van der Waals surface area contributed by atoms with Crippen molar-refractivity contribution in [3.8, 4) is 21.8 Å². The topological polar surface area (TPSA) is 50.7 Å². The molecule has 2 heterocycles. The molecule has 0 aliphatic heterocycles. The van der Waals surface area contributed by atoms with Crippen LogP contribution in [0.1, 0.15) is 11.3 Å². The first-order valence-corrected chi connectivity index (χ1v) is 9.29. The number of rotatable bonds is 5. The molecule has 0 fully saturated rings. The van der Waals surface area contributed by atoms with Crippen molar-refractivity contribution in [3.63, 3.8) is 0 Å². The van der Waals surface area contributed by atoms with E-state index in [1.165, 1.54) is 5.56 Å². The number of anilines is 1. The van der Waals surface area contributed by atoms with E-state index in [2.05, 4.69) is 57.1 Å². The summed E-state index contributed by atoms with van der Waals surface area (Å²) in [6, 6.07) is 20.7. The molecule has 4 rings (SSSR count). The minimum absolute atomic E-state index is 0.726. The summed E-state index contributed by atoms with van der Waals surface area (Å²) >= 11 is 1.67. The van der Waals surface area contributed by atoms with Crippen molar-refractivity contribution in [2.75, 3.05) is 5.32 Å². The minimum Gasteiger partial charge on any atom is -0.366 e. The number of nitrogens with zero attached hydrogens (tertiary/aromatic N) is 3. The van der Waals surface area contributed by atoms with Crippen molar-refractivity contribution in [2.45, 2.75) is 13.5 Å². The van der Waals surface area contributed by atoms with E-state index in [0.29, 0.717) is 0 Å². The Bertz CT molecular complexity index is 994. The van der Waals surface area contributed by atoms with Gasteiger partial charge >= 0.3 is 0 Å². The first kappa shape index (κ1) is 16.4. The number of hydrogen-bond donors (Lipinski definition) is 1. The predicted molar refractivity (Wildman–Crippen MR) is 107 cm³/mol. The summed E-state index contributed by atoms with van der Waals surface area (Å²) < 4.78 is 0. The average molecular weight is 358 g/mol. The maximum absolute atomic E-state index is 4.77. The van der Waals surface area contributed by atoms with E-state index in [4.69, 9.17) is 4.98 Å². The Kier molecular flexibility index (Phi) is 4.71. The Hall–Kier alpha value is -3.05. The van der Waals surface area contributed by atoms with Crippen LogP contribution in [-0.4, -0.2) is 15.0 Å². The Labute approximate surface area is 156 Å². The van der Waals surface area contributed by atoms with Crippen LogP contribution in [0.15, 0.2) is 72.4 Å². The third-order valence-electron chi connectivity index (χ3n) is 4.05. The van der Waals surface area contributed by atoms with E-state index in [1.807, 2.05) is 31.2 Å². The van der Waals surface area contributed by atoms with Gasteiger partial charge in [0.2, 0.25) is 0 Å². The highest BCUT2D eigenvalue weighted by Crippen LogP contribution is 2.29. The van der Waals surface area contributed by atoms with Crippen LogP contribution in [0.3, 0.4) is 0 Å². The van der Waals surface area contributed by atoms with Gasteiger partial charge in [-0.3, -0.25) is 0 Å². The second-order valence-electron chi connectivity index (χ2n) is 6.00. The van der Waals surface area contributed by atoms with Crippen LogP contribution in [0.2, 0.25) is 0 Å². The second kappa shape index (κ2) is 7.45. The van der Waals surface area contributed by atoms with Crippen LogP contribution in [0.5, 0.6) is 0 Å². The molecule has 0 spiro atoms. The van der Waals surface area contributed by atoms with Crippen molar-refractivity contribution in [3.05, 3.63) is 83.6 Å². The van der Waals surface area contributed by atoms with Crippen molar-refractivity contribution in [1.82, 2.24) is 15.0 Å². The molecule has 0 unspecified atom stereocenters. The van der Waals surface area contributed by atoms with Crippen LogP contribution in [0, 0.1) is 6.92 Å². The Morgan fingerprint density at radius 3 is 2.50 bits per heavy atom. The molecular weight excluding hydrogens is 340 g/mol. The zero-order chi connectivity index (χ0) is 17.8. The van der Waals surface area contributed by atoms with Crippen LogP contribution in [0.25, 0.3) is 21.8 Å². The van der Waals surface area contributed by atoms with Crippen LogP contribution in [0.4, 0.5) is 5.82 Å². The highest BCUT2D eigenvalue weighted by Gasteiger charge is 2.06. The van der Waals surface area contributed by atoms with Crippen LogP contribution < -0.4 is 5.32 Å². The molecule has 2 aromatic heterocycles. The fourth-order valence-corrected chi connectivity index (χ4v) is 3.49. The van der Waals surface area contributed by atoms with Gasteiger partial charge < -0.3 is 5.32 Å². The molecule has 0 radical (unpaired) electrons. The third kappa shape index (κ3) is 3.78. The van der Waals surface area contributed by atoms with Crippen LogP contribution in [-0.2, 0) is 6.54 Å². The molecule has 0 saturated carbocycles. The molecule has 4 nitrogen and oxygen atoms in total. The average Bonchev–Trinajstić information content (AvgIpc) is 3.18. The predicted octanol–water partition coefficient (Wildman–Crippen LogP) is 5.19. The Morgan fingerprint density at radius 2 is 1.73 bits per heavy atom. The van der Waals surface area contributed by atoms with Crippen LogP contribution >= 0.6 is 11.3 Å². The second-order valence-corrected chi connectivity index (χ2v) is 6.86. The highest BCUT2D eigenvalue weighted by molar-refractivity contribution is 7.13. The fraction of sp³-hybridized carbons (Fsp3) is 0.0952. The molecule has 0 atom stereocenters. The largest absolute Gasteiger partial charge is 0.366 e.